The molecule has 4 heterocycles. The highest BCUT2D eigenvalue weighted by molar-refractivity contribution is 8.13. The predicted molar refractivity (Wildman–Crippen MR) is 262 cm³/mol. The largest absolute Gasteiger partial charge is 0.456 e. The summed E-state index contributed by atoms with van der Waals surface area (Å²) < 4.78 is 11.2. The smallest absolute Gasteiger partial charge is 0.329 e. The molecule has 2 aromatic heterocycles. The van der Waals surface area contributed by atoms with Crippen molar-refractivity contribution in [3.8, 4) is 0 Å². The topological polar surface area (TPSA) is 270 Å². The Morgan fingerprint density at radius 1 is 0.681 bits per heavy atom. The van der Waals surface area contributed by atoms with Gasteiger partial charge in [-0.1, -0.05) is 75.9 Å². The first-order chi connectivity index (χ1) is 32.8. The molecular formula is C48H62N8O11S2. The van der Waals surface area contributed by atoms with Gasteiger partial charge in [-0.15, -0.1) is 0 Å². The zero-order chi connectivity index (χ0) is 51.0. The van der Waals surface area contributed by atoms with E-state index in [1.165, 1.54) is 43.0 Å². The van der Waals surface area contributed by atoms with E-state index >= 15 is 0 Å². The molecule has 0 aliphatic carbocycles. The van der Waals surface area contributed by atoms with Crippen molar-refractivity contribution in [2.24, 2.45) is 11.8 Å². The lowest BCUT2D eigenvalue weighted by atomic mass is 10.0. The van der Waals surface area contributed by atoms with Gasteiger partial charge in [-0.2, -0.15) is 12.6 Å². The van der Waals surface area contributed by atoms with Gasteiger partial charge >= 0.3 is 11.9 Å². The predicted octanol–water partition coefficient (Wildman–Crippen LogP) is 3.68. The fourth-order valence-electron chi connectivity index (χ4n) is 6.21. The molecule has 2 aliphatic rings. The zero-order valence-electron chi connectivity index (χ0n) is 39.8. The molecule has 0 fully saturated rings. The summed E-state index contributed by atoms with van der Waals surface area (Å²) in [5.74, 6) is -4.08. The molecule has 21 heteroatoms. The van der Waals surface area contributed by atoms with Crippen LogP contribution in [-0.4, -0.2) is 98.3 Å². The van der Waals surface area contributed by atoms with Gasteiger partial charge < -0.3 is 41.4 Å². The van der Waals surface area contributed by atoms with E-state index in [9.17, 15) is 43.2 Å². The number of hydrogen-bond donors (Lipinski definition) is 7. The normalized spacial score (nSPS) is 21.7. The second-order valence-corrected chi connectivity index (χ2v) is 17.9. The molecule has 4 bridgehead atoms. The van der Waals surface area contributed by atoms with E-state index in [1.807, 2.05) is 0 Å². The Kier molecular flexibility index (Phi) is 24.1. The molecule has 2 aromatic rings. The van der Waals surface area contributed by atoms with Crippen molar-refractivity contribution < 1.29 is 52.6 Å². The van der Waals surface area contributed by atoms with Crippen LogP contribution in [0.2, 0.25) is 0 Å². The van der Waals surface area contributed by atoms with Crippen molar-refractivity contribution in [1.82, 2.24) is 41.9 Å². The van der Waals surface area contributed by atoms with Gasteiger partial charge in [-0.25, -0.2) is 19.6 Å². The van der Waals surface area contributed by atoms with Crippen LogP contribution in [0.4, 0.5) is 0 Å². The van der Waals surface area contributed by atoms with Crippen LogP contribution in [0, 0.1) is 11.8 Å². The zero-order valence-corrected chi connectivity index (χ0v) is 41.5. The Balaban J connectivity index is 0.000000367. The minimum absolute atomic E-state index is 0.00352. The summed E-state index contributed by atoms with van der Waals surface area (Å²) in [7, 11) is 0. The molecule has 0 aromatic carbocycles. The Morgan fingerprint density at radius 2 is 1.10 bits per heavy atom. The summed E-state index contributed by atoms with van der Waals surface area (Å²) in [6.45, 7) is 11.8. The van der Waals surface area contributed by atoms with E-state index in [-0.39, 0.29) is 77.5 Å². The third kappa shape index (κ3) is 19.9. The van der Waals surface area contributed by atoms with Crippen LogP contribution in [0.15, 0.2) is 84.2 Å². The van der Waals surface area contributed by atoms with Gasteiger partial charge in [0.1, 0.15) is 47.1 Å². The second-order valence-electron chi connectivity index (χ2n) is 16.1. The maximum atomic E-state index is 13.0. The average Bonchev–Trinajstić information content (AvgIpc) is 3.31. The van der Waals surface area contributed by atoms with Crippen LogP contribution in [0.1, 0.15) is 107 Å². The molecule has 0 spiro atoms. The van der Waals surface area contributed by atoms with Crippen LogP contribution < -0.4 is 31.9 Å². The van der Waals surface area contributed by atoms with Crippen molar-refractivity contribution in [2.45, 2.75) is 112 Å². The number of carbonyl (C=O) groups is 9. The molecule has 19 nitrogen and oxygen atoms in total. The first-order valence-corrected chi connectivity index (χ1v) is 24.0. The van der Waals surface area contributed by atoms with Gasteiger partial charge in [0, 0.05) is 12.7 Å². The molecule has 2 aliphatic heterocycles. The van der Waals surface area contributed by atoms with Gasteiger partial charge in [0.25, 0.3) is 23.6 Å². The van der Waals surface area contributed by atoms with Crippen LogP contribution >= 0.6 is 24.4 Å². The first-order valence-electron chi connectivity index (χ1n) is 22.4. The molecule has 69 heavy (non-hydrogen) atoms. The van der Waals surface area contributed by atoms with E-state index < -0.39 is 59.9 Å². The number of rotatable bonds is 9. The molecule has 4 atom stereocenters. The van der Waals surface area contributed by atoms with E-state index in [0.29, 0.717) is 35.7 Å². The summed E-state index contributed by atoms with van der Waals surface area (Å²) in [5, 5.41) is 15.7. The summed E-state index contributed by atoms with van der Waals surface area (Å²) >= 11 is 5.33. The number of carbonyl (C=O) groups excluding carboxylic acids is 9. The minimum Gasteiger partial charge on any atom is -0.456 e. The number of amides is 6. The number of thioether (sulfide) groups is 1. The molecule has 0 unspecified atom stereocenters. The third-order valence-electron chi connectivity index (χ3n) is 9.88. The minimum atomic E-state index is -1.02. The van der Waals surface area contributed by atoms with Crippen LogP contribution in [0.5, 0.6) is 0 Å². The SMILES string of the molecule is C/C=C1\NC(=O)c2cccc(n2)CNC(=O)C[C@@H](/C=C/CCS)OC(=O)[C@H](C(C)C)NC1=O.C/C=C1\NC(=O)c2cccc(n2)CNC(=O)C[C@@H](/C=C/CCSC(C)=O)OC(=O)[C@H](C(C)C)NC1=O. The van der Waals surface area contributed by atoms with E-state index in [1.54, 1.807) is 90.1 Å². The van der Waals surface area contributed by atoms with Gasteiger partial charge in [0.05, 0.1) is 37.3 Å². The summed E-state index contributed by atoms with van der Waals surface area (Å²) in [6, 6.07) is 7.58. The molecule has 6 amide bonds. The van der Waals surface area contributed by atoms with E-state index in [4.69, 9.17) is 9.47 Å². The number of aromatic nitrogens is 2. The first kappa shape index (κ1) is 56.7. The Hall–Kier alpha value is -6.61. The average molecular weight is 991 g/mol. The van der Waals surface area contributed by atoms with Crippen LogP contribution in [0.3, 0.4) is 0 Å². The molecule has 0 saturated carbocycles. The number of nitrogens with zero attached hydrogens (tertiary/aromatic N) is 2. The Labute approximate surface area is 411 Å². The number of allylic oxidation sites excluding steroid dienone is 4. The van der Waals surface area contributed by atoms with Crippen molar-refractivity contribution in [3.05, 3.63) is 107 Å². The van der Waals surface area contributed by atoms with Gasteiger partial charge in [0.15, 0.2) is 5.12 Å². The van der Waals surface area contributed by atoms with E-state index in [2.05, 4.69) is 54.5 Å². The molecule has 0 saturated heterocycles. The quantitative estimate of drug-likeness (QED) is 0.0622. The number of esters is 2. The Morgan fingerprint density at radius 3 is 1.48 bits per heavy atom. The number of fused-ring (bicyclic) bond motifs is 4. The van der Waals surface area contributed by atoms with Crippen molar-refractivity contribution in [3.63, 3.8) is 0 Å². The van der Waals surface area contributed by atoms with Crippen molar-refractivity contribution in [2.75, 3.05) is 11.5 Å². The number of ether oxygens (including phenoxy) is 2. The highest BCUT2D eigenvalue weighted by Crippen LogP contribution is 2.14. The van der Waals surface area contributed by atoms with Gasteiger partial charge in [-0.3, -0.25) is 33.6 Å². The summed E-state index contributed by atoms with van der Waals surface area (Å²) in [4.78, 5) is 122. The standard InChI is InChI=1S/C25H32N4O6S.C23H30N4O5S/c1-5-19-23(32)29-22(15(2)3)25(34)35-18(10-6-7-12-36-16(4)30)13-21(31)26-14-17-9-8-11-20(27-17)24(33)28-19;1-4-17-21(29)27-20(14(2)3)23(31)32-16(9-5-6-11-33)12-19(28)24-13-15-8-7-10-18(25-15)22(30)26-17/h5-6,8-11,15,18,22H,7,12-14H2,1-4H3,(H,26,31)(H,28,33)(H,29,32);4-5,7-10,14,16,20,33H,6,11-13H2,1-3H3,(H,24,28)(H,26,30)(H,27,29)/b10-6+,19-5-;9-5+,17-4-/t18-,22+;16-,20+/m11/s1. The molecular weight excluding hydrogens is 929 g/mol. The summed E-state index contributed by atoms with van der Waals surface area (Å²) in [6.07, 6.45) is 8.89. The van der Waals surface area contributed by atoms with Crippen LogP contribution in [0.25, 0.3) is 0 Å². The fraction of sp³-hybridized carbons (Fsp3) is 0.438. The van der Waals surface area contributed by atoms with Crippen LogP contribution in [-0.2, 0) is 56.1 Å². The Bertz CT molecular complexity index is 2310. The molecule has 4 rings (SSSR count). The summed E-state index contributed by atoms with van der Waals surface area (Å²) in [5.41, 5.74) is 1.02. The number of pyridine rings is 2. The fourth-order valence-corrected chi connectivity index (χ4v) is 6.90. The third-order valence-corrected chi connectivity index (χ3v) is 11.0. The lowest BCUT2D eigenvalue weighted by Gasteiger charge is -2.24. The van der Waals surface area contributed by atoms with Gasteiger partial charge in [0.2, 0.25) is 11.8 Å². The molecule has 372 valence electrons. The lowest BCUT2D eigenvalue weighted by molar-refractivity contribution is -0.153. The van der Waals surface area contributed by atoms with Gasteiger partial charge in [-0.05, 0) is 80.7 Å². The highest BCUT2D eigenvalue weighted by Gasteiger charge is 2.32. The van der Waals surface area contributed by atoms with Crippen molar-refractivity contribution in [1.29, 1.82) is 0 Å². The molecule has 6 N–H and O–H groups in total. The van der Waals surface area contributed by atoms with E-state index in [0.717, 1.165) is 0 Å². The maximum absolute atomic E-state index is 13.0. The lowest BCUT2D eigenvalue weighted by Crippen LogP contribution is -2.48. The monoisotopic (exact) mass is 990 g/mol. The second kappa shape index (κ2) is 29.3. The van der Waals surface area contributed by atoms with Crippen molar-refractivity contribution >= 4 is 76.9 Å². The number of hydrogen-bond acceptors (Lipinski definition) is 15. The highest BCUT2D eigenvalue weighted by atomic mass is 32.2. The number of cyclic esters (lactones) is 2. The molecule has 0 radical (unpaired) electrons. The number of thiol groups is 1. The maximum Gasteiger partial charge on any atom is 0.329 e. The number of nitrogens with one attached hydrogen (secondary N) is 6.